The molecule has 1 saturated heterocycles. The van der Waals surface area contributed by atoms with Crippen molar-refractivity contribution in [2.75, 3.05) is 43.1 Å². The summed E-state index contributed by atoms with van der Waals surface area (Å²) in [6, 6.07) is 13.8. The maximum atomic E-state index is 12.3. The lowest BCUT2D eigenvalue weighted by Crippen LogP contribution is -2.36. The molecule has 0 bridgehead atoms. The van der Waals surface area contributed by atoms with Crippen LogP contribution in [0.2, 0.25) is 0 Å². The second-order valence-electron chi connectivity index (χ2n) is 6.74. The van der Waals surface area contributed by atoms with Crippen LogP contribution in [0.3, 0.4) is 0 Å². The Labute approximate surface area is 174 Å². The van der Waals surface area contributed by atoms with Crippen LogP contribution in [-0.4, -0.2) is 57.2 Å². The van der Waals surface area contributed by atoms with E-state index < -0.39 is 18.0 Å². The van der Waals surface area contributed by atoms with Gasteiger partial charge in [0.1, 0.15) is 12.0 Å². The molecular formula is C22H24N2O6. The Morgan fingerprint density at radius 3 is 2.40 bits per heavy atom. The number of anilines is 2. The number of hydrogen-bond acceptors (Lipinski definition) is 7. The van der Waals surface area contributed by atoms with Crippen molar-refractivity contribution in [3.63, 3.8) is 0 Å². The van der Waals surface area contributed by atoms with Crippen LogP contribution in [0.5, 0.6) is 5.75 Å². The van der Waals surface area contributed by atoms with Crippen molar-refractivity contribution in [2.45, 2.75) is 13.0 Å². The summed E-state index contributed by atoms with van der Waals surface area (Å²) in [6.45, 7) is 4.23. The number of amides is 1. The minimum absolute atomic E-state index is 0.341. The van der Waals surface area contributed by atoms with Crippen LogP contribution in [0.25, 0.3) is 0 Å². The average Bonchev–Trinajstić information content (AvgIpc) is 2.79. The highest BCUT2D eigenvalue weighted by molar-refractivity contribution is 5.95. The standard InChI is InChI=1S/C22H24N2O6/c1-16(30-21(26)15-29-20-8-2-17(14-25)3-9-20)22(27)23-18-4-6-19(7-5-18)24-10-12-28-13-11-24/h2-9,14,16H,10-13,15H2,1H3,(H,23,27)/t16-/m0/s1. The Morgan fingerprint density at radius 1 is 1.10 bits per heavy atom. The van der Waals surface area contributed by atoms with E-state index in [2.05, 4.69) is 10.2 Å². The Balaban J connectivity index is 1.44. The van der Waals surface area contributed by atoms with Crippen molar-refractivity contribution >= 4 is 29.5 Å². The third-order valence-corrected chi connectivity index (χ3v) is 4.56. The molecule has 1 fully saturated rings. The molecule has 1 aliphatic rings. The number of hydrogen-bond donors (Lipinski definition) is 1. The molecular weight excluding hydrogens is 388 g/mol. The summed E-state index contributed by atoms with van der Waals surface area (Å²) in [5, 5.41) is 2.73. The minimum Gasteiger partial charge on any atom is -0.482 e. The number of nitrogens with zero attached hydrogens (tertiary/aromatic N) is 1. The highest BCUT2D eigenvalue weighted by Crippen LogP contribution is 2.19. The van der Waals surface area contributed by atoms with Crippen LogP contribution in [0, 0.1) is 0 Å². The van der Waals surface area contributed by atoms with Gasteiger partial charge in [-0.15, -0.1) is 0 Å². The zero-order valence-electron chi connectivity index (χ0n) is 16.7. The molecule has 158 valence electrons. The van der Waals surface area contributed by atoms with E-state index in [4.69, 9.17) is 14.2 Å². The molecule has 1 aliphatic heterocycles. The topological polar surface area (TPSA) is 94.2 Å². The van der Waals surface area contributed by atoms with Gasteiger partial charge in [-0.2, -0.15) is 0 Å². The van der Waals surface area contributed by atoms with E-state index in [0.29, 0.717) is 36.5 Å². The first-order valence-electron chi connectivity index (χ1n) is 9.66. The molecule has 0 aliphatic carbocycles. The predicted molar refractivity (Wildman–Crippen MR) is 111 cm³/mol. The highest BCUT2D eigenvalue weighted by Gasteiger charge is 2.19. The van der Waals surface area contributed by atoms with Gasteiger partial charge in [-0.1, -0.05) is 0 Å². The Hall–Kier alpha value is -3.39. The first-order chi connectivity index (χ1) is 14.5. The highest BCUT2D eigenvalue weighted by atomic mass is 16.6. The molecule has 2 aromatic carbocycles. The third-order valence-electron chi connectivity index (χ3n) is 4.56. The lowest BCUT2D eigenvalue weighted by atomic mass is 10.2. The summed E-state index contributed by atoms with van der Waals surface area (Å²) in [6.07, 6.45) is -0.258. The van der Waals surface area contributed by atoms with Gasteiger partial charge in [-0.3, -0.25) is 9.59 Å². The normalized spacial score (nSPS) is 14.5. The lowest BCUT2D eigenvalue weighted by Gasteiger charge is -2.28. The van der Waals surface area contributed by atoms with Crippen LogP contribution in [0.15, 0.2) is 48.5 Å². The molecule has 0 aromatic heterocycles. The van der Waals surface area contributed by atoms with E-state index in [1.807, 2.05) is 24.3 Å². The third kappa shape index (κ3) is 6.05. The molecule has 1 atom stereocenters. The van der Waals surface area contributed by atoms with Gasteiger partial charge in [0.2, 0.25) is 0 Å². The number of esters is 1. The quantitative estimate of drug-likeness (QED) is 0.525. The predicted octanol–water partition coefficient (Wildman–Crippen LogP) is 2.28. The molecule has 1 N–H and O–H groups in total. The molecule has 1 amide bonds. The summed E-state index contributed by atoms with van der Waals surface area (Å²) >= 11 is 0. The molecule has 8 nitrogen and oxygen atoms in total. The maximum Gasteiger partial charge on any atom is 0.344 e. The van der Waals surface area contributed by atoms with E-state index in [1.54, 1.807) is 24.3 Å². The second-order valence-corrected chi connectivity index (χ2v) is 6.74. The zero-order valence-corrected chi connectivity index (χ0v) is 16.7. The molecule has 2 aromatic rings. The monoisotopic (exact) mass is 412 g/mol. The fourth-order valence-corrected chi connectivity index (χ4v) is 2.89. The molecule has 0 radical (unpaired) electrons. The summed E-state index contributed by atoms with van der Waals surface area (Å²) in [5.41, 5.74) is 2.19. The van der Waals surface area contributed by atoms with Gasteiger partial charge in [-0.25, -0.2) is 4.79 Å². The largest absolute Gasteiger partial charge is 0.482 e. The van der Waals surface area contributed by atoms with Gasteiger partial charge in [-0.05, 0) is 55.5 Å². The lowest BCUT2D eigenvalue weighted by molar-refractivity contribution is -0.155. The first kappa shape index (κ1) is 21.3. The van der Waals surface area contributed by atoms with Crippen molar-refractivity contribution in [3.05, 3.63) is 54.1 Å². The molecule has 30 heavy (non-hydrogen) atoms. The van der Waals surface area contributed by atoms with Crippen LogP contribution in [-0.2, 0) is 19.1 Å². The number of aldehydes is 1. The van der Waals surface area contributed by atoms with Crippen LogP contribution < -0.4 is 15.0 Å². The Kier molecular flexibility index (Phi) is 7.40. The maximum absolute atomic E-state index is 12.3. The van der Waals surface area contributed by atoms with Crippen LogP contribution in [0.4, 0.5) is 11.4 Å². The van der Waals surface area contributed by atoms with E-state index in [1.165, 1.54) is 6.92 Å². The number of nitrogens with one attached hydrogen (secondary N) is 1. The Bertz CT molecular complexity index is 860. The van der Waals surface area contributed by atoms with E-state index in [-0.39, 0.29) is 6.61 Å². The number of morpholine rings is 1. The number of benzene rings is 2. The fourth-order valence-electron chi connectivity index (χ4n) is 2.89. The van der Waals surface area contributed by atoms with E-state index in [0.717, 1.165) is 18.8 Å². The average molecular weight is 412 g/mol. The molecule has 0 saturated carbocycles. The fraction of sp³-hybridized carbons (Fsp3) is 0.318. The van der Waals surface area contributed by atoms with Gasteiger partial charge >= 0.3 is 5.97 Å². The smallest absolute Gasteiger partial charge is 0.344 e. The van der Waals surface area contributed by atoms with Crippen molar-refractivity contribution in [1.29, 1.82) is 0 Å². The minimum atomic E-state index is -0.975. The van der Waals surface area contributed by atoms with Crippen molar-refractivity contribution in [3.8, 4) is 5.75 Å². The van der Waals surface area contributed by atoms with Gasteiger partial charge in [0.15, 0.2) is 12.7 Å². The summed E-state index contributed by atoms with van der Waals surface area (Å²) < 4.78 is 15.8. The van der Waals surface area contributed by atoms with Gasteiger partial charge in [0.05, 0.1) is 13.2 Å². The summed E-state index contributed by atoms with van der Waals surface area (Å²) in [4.78, 5) is 37.1. The van der Waals surface area contributed by atoms with E-state index >= 15 is 0 Å². The molecule has 0 spiro atoms. The number of rotatable bonds is 8. The number of ether oxygens (including phenoxy) is 3. The van der Waals surface area contributed by atoms with Crippen LogP contribution >= 0.6 is 0 Å². The van der Waals surface area contributed by atoms with E-state index in [9.17, 15) is 14.4 Å². The summed E-state index contributed by atoms with van der Waals surface area (Å²) in [5.74, 6) is -0.674. The molecule has 1 heterocycles. The second kappa shape index (κ2) is 10.4. The van der Waals surface area contributed by atoms with Gasteiger partial charge in [0, 0.05) is 30.0 Å². The van der Waals surface area contributed by atoms with Crippen molar-refractivity contribution in [2.24, 2.45) is 0 Å². The molecule has 3 rings (SSSR count). The van der Waals surface area contributed by atoms with Gasteiger partial charge in [0.25, 0.3) is 5.91 Å². The molecule has 0 unspecified atom stereocenters. The SMILES string of the molecule is C[C@H](OC(=O)COc1ccc(C=O)cc1)C(=O)Nc1ccc(N2CCOCC2)cc1. The summed E-state index contributed by atoms with van der Waals surface area (Å²) in [7, 11) is 0. The number of carbonyl (C=O) groups excluding carboxylic acids is 3. The van der Waals surface area contributed by atoms with Crippen molar-refractivity contribution < 1.29 is 28.6 Å². The zero-order chi connectivity index (χ0) is 21.3. The molecule has 8 heteroatoms. The van der Waals surface area contributed by atoms with Gasteiger partial charge < -0.3 is 24.4 Å². The number of carbonyl (C=O) groups is 3. The Morgan fingerprint density at radius 2 is 1.77 bits per heavy atom. The van der Waals surface area contributed by atoms with Crippen LogP contribution in [0.1, 0.15) is 17.3 Å². The van der Waals surface area contributed by atoms with Crippen molar-refractivity contribution in [1.82, 2.24) is 0 Å². The first-order valence-corrected chi connectivity index (χ1v) is 9.66.